The number of cyclic esters (lactones) is 1. The molecule has 0 amide bonds. The van der Waals surface area contributed by atoms with Gasteiger partial charge in [0.25, 0.3) is 5.56 Å². The molecule has 1 atom stereocenters. The quantitative estimate of drug-likeness (QED) is 0.456. The van der Waals surface area contributed by atoms with Crippen molar-refractivity contribution in [1.82, 2.24) is 9.55 Å². The maximum atomic E-state index is 13.4. The second kappa shape index (κ2) is 6.90. The van der Waals surface area contributed by atoms with Crippen molar-refractivity contribution in [2.24, 2.45) is 0 Å². The van der Waals surface area contributed by atoms with Crippen molar-refractivity contribution in [3.8, 4) is 22.9 Å². The van der Waals surface area contributed by atoms with E-state index in [0.29, 0.717) is 28.4 Å². The minimum absolute atomic E-state index is 0.0771. The number of aliphatic hydroxyl groups excluding tert-OH is 1. The molecule has 3 aromatic rings. The van der Waals surface area contributed by atoms with Crippen molar-refractivity contribution in [3.63, 3.8) is 0 Å². The van der Waals surface area contributed by atoms with Gasteiger partial charge in [0.2, 0.25) is 6.79 Å². The van der Waals surface area contributed by atoms with Crippen LogP contribution >= 0.6 is 0 Å². The number of benzene rings is 1. The van der Waals surface area contributed by atoms with Gasteiger partial charge in [0.05, 0.1) is 35.6 Å². The molecule has 0 fully saturated rings. The van der Waals surface area contributed by atoms with Crippen LogP contribution in [-0.4, -0.2) is 39.1 Å². The number of pyridine rings is 2. The third-order valence-corrected chi connectivity index (χ3v) is 6.62. The lowest BCUT2D eigenvalue weighted by atomic mass is 9.86. The summed E-state index contributed by atoms with van der Waals surface area (Å²) >= 11 is 0. The average molecular weight is 448 g/mol. The largest absolute Gasteiger partial charge is 0.458 e. The van der Waals surface area contributed by atoms with E-state index >= 15 is 0 Å². The predicted molar refractivity (Wildman–Crippen MR) is 117 cm³/mol. The fraction of sp³-hybridized carbons (Fsp3) is 0.292. The van der Waals surface area contributed by atoms with Crippen LogP contribution in [0.2, 0.25) is 0 Å². The number of fused-ring (bicyclic) bond motifs is 6. The number of ether oxygens (including phenoxy) is 3. The summed E-state index contributed by atoms with van der Waals surface area (Å²) in [5.74, 6) is 0.427. The van der Waals surface area contributed by atoms with E-state index in [4.69, 9.17) is 19.2 Å². The Kier molecular flexibility index (Phi) is 4.17. The molecule has 0 saturated heterocycles. The van der Waals surface area contributed by atoms with E-state index in [-0.39, 0.29) is 49.7 Å². The average Bonchev–Trinajstić information content (AvgIpc) is 3.42. The zero-order valence-corrected chi connectivity index (χ0v) is 17.8. The molecule has 3 aliphatic rings. The van der Waals surface area contributed by atoms with E-state index in [2.05, 4.69) is 0 Å². The van der Waals surface area contributed by atoms with Gasteiger partial charge in [-0.15, -0.1) is 0 Å². The Morgan fingerprint density at radius 1 is 1.15 bits per heavy atom. The van der Waals surface area contributed by atoms with Crippen LogP contribution < -0.4 is 15.0 Å². The lowest BCUT2D eigenvalue weighted by Crippen LogP contribution is -2.44. The first kappa shape index (κ1) is 20.0. The van der Waals surface area contributed by atoms with Crippen LogP contribution in [0.4, 0.5) is 0 Å². The number of hydrogen-bond donors (Lipinski definition) is 2. The third kappa shape index (κ3) is 2.63. The minimum Gasteiger partial charge on any atom is -0.458 e. The normalized spacial score (nSPS) is 20.2. The molecule has 1 aromatic carbocycles. The molecule has 5 heterocycles. The van der Waals surface area contributed by atoms with Crippen LogP contribution in [0.25, 0.3) is 28.4 Å². The molecule has 168 valence electrons. The standard InChI is InChI=1S/C24H20N2O7/c1-2-24(30)16-7-18-21-14(9-26(18)22(28)15(16)10-31-23(24)29)12(4-3-5-27)13-6-19-20(33-11-32-19)8-17(13)25-21/h3-4,6-8,27,30H,2,5,9-11H2,1H3. The molecule has 3 aliphatic heterocycles. The van der Waals surface area contributed by atoms with Gasteiger partial charge in [0.1, 0.15) is 6.61 Å². The Balaban J connectivity index is 1.66. The van der Waals surface area contributed by atoms with E-state index < -0.39 is 11.6 Å². The number of carbonyl (C=O) groups is 1. The number of nitrogens with zero attached hydrogens (tertiary/aromatic N) is 2. The van der Waals surface area contributed by atoms with Crippen molar-refractivity contribution in [2.75, 3.05) is 13.4 Å². The highest BCUT2D eigenvalue weighted by atomic mass is 16.7. The topological polar surface area (TPSA) is 120 Å². The molecule has 2 N–H and O–H groups in total. The van der Waals surface area contributed by atoms with E-state index in [1.807, 2.05) is 6.07 Å². The number of carbonyl (C=O) groups excluding carboxylic acids is 1. The first-order chi connectivity index (χ1) is 16.0. The van der Waals surface area contributed by atoms with Crippen LogP contribution in [-0.2, 0) is 28.3 Å². The molecule has 6 rings (SSSR count). The summed E-state index contributed by atoms with van der Waals surface area (Å²) < 4.78 is 17.7. The SMILES string of the molecule is CCC1(O)C(=O)OCc2c1cc1n(c2=O)Cc2c-1nc1cc3c(cc1c2C=CCO)OCO3. The number of hydrogen-bond acceptors (Lipinski definition) is 8. The Labute approximate surface area is 187 Å². The van der Waals surface area contributed by atoms with E-state index in [1.54, 1.807) is 35.8 Å². The molecule has 33 heavy (non-hydrogen) atoms. The van der Waals surface area contributed by atoms with Crippen LogP contribution in [0, 0.1) is 0 Å². The zero-order valence-electron chi connectivity index (χ0n) is 17.8. The summed E-state index contributed by atoms with van der Waals surface area (Å²) in [4.78, 5) is 30.6. The molecular formula is C24H20N2O7. The van der Waals surface area contributed by atoms with Crippen LogP contribution in [0.3, 0.4) is 0 Å². The maximum Gasteiger partial charge on any atom is 0.343 e. The molecular weight excluding hydrogens is 428 g/mol. The lowest BCUT2D eigenvalue weighted by Gasteiger charge is -2.31. The first-order valence-corrected chi connectivity index (χ1v) is 10.7. The highest BCUT2D eigenvalue weighted by Crippen LogP contribution is 2.43. The van der Waals surface area contributed by atoms with Crippen molar-refractivity contribution >= 4 is 22.9 Å². The Morgan fingerprint density at radius 3 is 2.70 bits per heavy atom. The molecule has 9 heteroatoms. The fourth-order valence-corrected chi connectivity index (χ4v) is 4.86. The summed E-state index contributed by atoms with van der Waals surface area (Å²) in [6.45, 7) is 1.73. The zero-order chi connectivity index (χ0) is 22.9. The van der Waals surface area contributed by atoms with Gasteiger partial charge >= 0.3 is 5.97 Å². The van der Waals surface area contributed by atoms with Crippen molar-refractivity contribution in [3.05, 3.63) is 56.9 Å². The van der Waals surface area contributed by atoms with Crippen molar-refractivity contribution < 1.29 is 29.2 Å². The molecule has 0 aliphatic carbocycles. The summed E-state index contributed by atoms with van der Waals surface area (Å²) in [6.07, 6.45) is 3.50. The van der Waals surface area contributed by atoms with Gasteiger partial charge in [-0.25, -0.2) is 9.78 Å². The minimum atomic E-state index is -1.88. The monoisotopic (exact) mass is 448 g/mol. The highest BCUT2D eigenvalue weighted by molar-refractivity contribution is 5.95. The van der Waals surface area contributed by atoms with Crippen LogP contribution in [0.5, 0.6) is 11.5 Å². The van der Waals surface area contributed by atoms with E-state index in [0.717, 1.165) is 16.5 Å². The number of aromatic nitrogens is 2. The van der Waals surface area contributed by atoms with Gasteiger partial charge in [0, 0.05) is 22.6 Å². The summed E-state index contributed by atoms with van der Waals surface area (Å²) in [7, 11) is 0. The van der Waals surface area contributed by atoms with Gasteiger partial charge in [0.15, 0.2) is 17.1 Å². The van der Waals surface area contributed by atoms with Gasteiger partial charge in [-0.1, -0.05) is 19.1 Å². The maximum absolute atomic E-state index is 13.4. The molecule has 2 aromatic heterocycles. The Bertz CT molecular complexity index is 1460. The van der Waals surface area contributed by atoms with Gasteiger partial charge in [-0.05, 0) is 24.1 Å². The summed E-state index contributed by atoms with van der Waals surface area (Å²) in [5.41, 5.74) is 1.69. The molecule has 0 saturated carbocycles. The summed E-state index contributed by atoms with van der Waals surface area (Å²) in [6, 6.07) is 5.31. The number of aliphatic hydroxyl groups is 2. The molecule has 0 radical (unpaired) electrons. The Hall–Kier alpha value is -3.69. The van der Waals surface area contributed by atoms with Gasteiger partial charge in [-0.3, -0.25) is 4.79 Å². The summed E-state index contributed by atoms with van der Waals surface area (Å²) in [5, 5.41) is 21.2. The fourth-order valence-electron chi connectivity index (χ4n) is 4.86. The number of esters is 1. The smallest absolute Gasteiger partial charge is 0.343 e. The van der Waals surface area contributed by atoms with Crippen molar-refractivity contribution in [1.29, 1.82) is 0 Å². The second-order valence-electron chi connectivity index (χ2n) is 8.26. The molecule has 0 bridgehead atoms. The van der Waals surface area contributed by atoms with Gasteiger partial charge in [-0.2, -0.15) is 0 Å². The van der Waals surface area contributed by atoms with E-state index in [9.17, 15) is 19.8 Å². The number of rotatable bonds is 3. The highest BCUT2D eigenvalue weighted by Gasteiger charge is 2.45. The third-order valence-electron chi connectivity index (χ3n) is 6.62. The predicted octanol–water partition coefficient (Wildman–Crippen LogP) is 1.81. The van der Waals surface area contributed by atoms with Crippen LogP contribution in [0.15, 0.2) is 29.1 Å². The van der Waals surface area contributed by atoms with Gasteiger partial charge < -0.3 is 29.0 Å². The second-order valence-corrected chi connectivity index (χ2v) is 8.26. The molecule has 0 spiro atoms. The van der Waals surface area contributed by atoms with Crippen LogP contribution in [0.1, 0.15) is 35.6 Å². The molecule has 1 unspecified atom stereocenters. The van der Waals surface area contributed by atoms with Crippen molar-refractivity contribution in [2.45, 2.75) is 32.1 Å². The Morgan fingerprint density at radius 2 is 1.94 bits per heavy atom. The first-order valence-electron chi connectivity index (χ1n) is 10.7. The molecule has 9 nitrogen and oxygen atoms in total. The van der Waals surface area contributed by atoms with E-state index in [1.165, 1.54) is 0 Å². The lowest BCUT2D eigenvalue weighted by molar-refractivity contribution is -0.172.